The van der Waals surface area contributed by atoms with Gasteiger partial charge in [0.1, 0.15) is 0 Å². The van der Waals surface area contributed by atoms with E-state index in [2.05, 4.69) is 48.6 Å². The Morgan fingerprint density at radius 2 is 2.27 bits per heavy atom. The van der Waals surface area contributed by atoms with Crippen LogP contribution in [0.2, 0.25) is 0 Å². The van der Waals surface area contributed by atoms with E-state index >= 15 is 0 Å². The second kappa shape index (κ2) is 4.77. The second-order valence-electron chi connectivity index (χ2n) is 4.63. The molecule has 1 aliphatic heterocycles. The zero-order valence-corrected chi connectivity index (χ0v) is 9.66. The molecule has 0 bridgehead atoms. The molecule has 1 saturated heterocycles. The van der Waals surface area contributed by atoms with Gasteiger partial charge in [0.2, 0.25) is 0 Å². The van der Waals surface area contributed by atoms with Crippen LogP contribution in [0.4, 0.5) is 0 Å². The highest BCUT2D eigenvalue weighted by atomic mass is 15.0. The number of nitrogens with zero attached hydrogens (tertiary/aromatic N) is 1. The van der Waals surface area contributed by atoms with Crippen LogP contribution in [0.1, 0.15) is 30.0 Å². The minimum atomic E-state index is 0.590. The molecule has 1 heterocycles. The molecule has 82 valence electrons. The van der Waals surface area contributed by atoms with Crippen molar-refractivity contribution in [3.63, 3.8) is 0 Å². The highest BCUT2D eigenvalue weighted by Crippen LogP contribution is 2.23. The third-order valence-corrected chi connectivity index (χ3v) is 2.91. The lowest BCUT2D eigenvalue weighted by molar-refractivity contribution is 0.402. The molecule has 0 aliphatic carbocycles. The fourth-order valence-electron chi connectivity index (χ4n) is 2.24. The monoisotopic (exact) mass is 204 g/mol. The number of nitrogens with one attached hydrogen (secondary N) is 1. The van der Waals surface area contributed by atoms with Crippen LogP contribution in [-0.4, -0.2) is 25.5 Å². The fourth-order valence-corrected chi connectivity index (χ4v) is 2.24. The molecule has 1 aliphatic rings. The van der Waals surface area contributed by atoms with Crippen molar-refractivity contribution in [2.24, 2.45) is 0 Å². The van der Waals surface area contributed by atoms with Gasteiger partial charge in [0.25, 0.3) is 0 Å². The lowest BCUT2D eigenvalue weighted by Gasteiger charge is -2.14. The highest BCUT2D eigenvalue weighted by molar-refractivity contribution is 5.26. The van der Waals surface area contributed by atoms with Crippen molar-refractivity contribution in [2.75, 3.05) is 20.6 Å². The summed E-state index contributed by atoms with van der Waals surface area (Å²) >= 11 is 0. The summed E-state index contributed by atoms with van der Waals surface area (Å²) in [6.45, 7) is 2.20. The standard InChI is InChI=1S/C13H20N2/c1-15(2)10-11-5-3-6-12(9-11)13-7-4-8-14-13/h3,5-6,9,13-14H,4,7-8,10H2,1-2H3. The molecule has 1 fully saturated rings. The molecule has 15 heavy (non-hydrogen) atoms. The van der Waals surface area contributed by atoms with Crippen LogP contribution < -0.4 is 5.32 Å². The predicted octanol–water partition coefficient (Wildman–Crippen LogP) is 2.17. The molecular formula is C13H20N2. The van der Waals surface area contributed by atoms with Crippen LogP contribution in [-0.2, 0) is 6.54 Å². The predicted molar refractivity (Wildman–Crippen MR) is 63.8 cm³/mol. The number of hydrogen-bond acceptors (Lipinski definition) is 2. The largest absolute Gasteiger partial charge is 0.310 e. The smallest absolute Gasteiger partial charge is 0.0320 e. The number of benzene rings is 1. The molecular weight excluding hydrogens is 184 g/mol. The maximum absolute atomic E-state index is 3.54. The lowest BCUT2D eigenvalue weighted by atomic mass is 10.0. The molecule has 2 heteroatoms. The van der Waals surface area contributed by atoms with Gasteiger partial charge in [-0.1, -0.05) is 24.3 Å². The van der Waals surface area contributed by atoms with Crippen LogP contribution in [0.5, 0.6) is 0 Å². The minimum Gasteiger partial charge on any atom is -0.310 e. The zero-order chi connectivity index (χ0) is 10.7. The van der Waals surface area contributed by atoms with Crippen molar-refractivity contribution in [3.05, 3.63) is 35.4 Å². The summed E-state index contributed by atoms with van der Waals surface area (Å²) < 4.78 is 0. The first-order valence-corrected chi connectivity index (χ1v) is 5.72. The molecule has 0 saturated carbocycles. The van der Waals surface area contributed by atoms with Gasteiger partial charge in [-0.2, -0.15) is 0 Å². The molecule has 2 nitrogen and oxygen atoms in total. The van der Waals surface area contributed by atoms with Gasteiger partial charge in [-0.25, -0.2) is 0 Å². The Kier molecular flexibility index (Phi) is 3.39. The van der Waals surface area contributed by atoms with E-state index in [-0.39, 0.29) is 0 Å². The van der Waals surface area contributed by atoms with E-state index in [1.54, 1.807) is 0 Å². The van der Waals surface area contributed by atoms with Gasteiger partial charge in [-0.15, -0.1) is 0 Å². The number of rotatable bonds is 3. The summed E-state index contributed by atoms with van der Waals surface area (Å²) in [6.07, 6.45) is 2.59. The Morgan fingerprint density at radius 3 is 2.93 bits per heavy atom. The molecule has 1 unspecified atom stereocenters. The van der Waals surface area contributed by atoms with E-state index in [4.69, 9.17) is 0 Å². The highest BCUT2D eigenvalue weighted by Gasteiger charge is 2.15. The van der Waals surface area contributed by atoms with Gasteiger partial charge in [0.15, 0.2) is 0 Å². The maximum atomic E-state index is 3.54. The SMILES string of the molecule is CN(C)Cc1cccc(C2CCCN2)c1. The Bertz CT molecular complexity index is 314. The molecule has 1 atom stereocenters. The molecule has 0 amide bonds. The molecule has 0 radical (unpaired) electrons. The Labute approximate surface area is 92.3 Å². The molecule has 1 aromatic rings. The van der Waals surface area contributed by atoms with Crippen LogP contribution in [0.15, 0.2) is 24.3 Å². The first-order valence-electron chi connectivity index (χ1n) is 5.72. The topological polar surface area (TPSA) is 15.3 Å². The fraction of sp³-hybridized carbons (Fsp3) is 0.538. The Morgan fingerprint density at radius 1 is 1.40 bits per heavy atom. The van der Waals surface area contributed by atoms with Crippen molar-refractivity contribution >= 4 is 0 Å². The van der Waals surface area contributed by atoms with Gasteiger partial charge in [-0.3, -0.25) is 0 Å². The Balaban J connectivity index is 2.11. The lowest BCUT2D eigenvalue weighted by Crippen LogP contribution is -2.14. The zero-order valence-electron chi connectivity index (χ0n) is 9.66. The first kappa shape index (κ1) is 10.7. The summed E-state index contributed by atoms with van der Waals surface area (Å²) in [6, 6.07) is 9.55. The van der Waals surface area contributed by atoms with E-state index in [1.807, 2.05) is 0 Å². The summed E-state index contributed by atoms with van der Waals surface area (Å²) in [7, 11) is 4.22. The summed E-state index contributed by atoms with van der Waals surface area (Å²) in [5.41, 5.74) is 2.86. The van der Waals surface area contributed by atoms with Gasteiger partial charge in [-0.05, 0) is 44.6 Å². The molecule has 0 spiro atoms. The third-order valence-electron chi connectivity index (χ3n) is 2.91. The van der Waals surface area contributed by atoms with Crippen molar-refractivity contribution < 1.29 is 0 Å². The van der Waals surface area contributed by atoms with Gasteiger partial charge in [0.05, 0.1) is 0 Å². The normalized spacial score (nSPS) is 21.1. The van der Waals surface area contributed by atoms with Crippen molar-refractivity contribution in [3.8, 4) is 0 Å². The molecule has 1 aromatic carbocycles. The van der Waals surface area contributed by atoms with Gasteiger partial charge in [0, 0.05) is 12.6 Å². The van der Waals surface area contributed by atoms with Crippen molar-refractivity contribution in [1.82, 2.24) is 10.2 Å². The van der Waals surface area contributed by atoms with Crippen LogP contribution in [0.3, 0.4) is 0 Å². The van der Waals surface area contributed by atoms with Crippen molar-refractivity contribution in [1.29, 1.82) is 0 Å². The minimum absolute atomic E-state index is 0.590. The van der Waals surface area contributed by atoms with Crippen LogP contribution >= 0.6 is 0 Å². The van der Waals surface area contributed by atoms with Crippen LogP contribution in [0, 0.1) is 0 Å². The molecule has 1 N–H and O–H groups in total. The van der Waals surface area contributed by atoms with Gasteiger partial charge >= 0.3 is 0 Å². The van der Waals surface area contributed by atoms with E-state index in [0.717, 1.165) is 6.54 Å². The maximum Gasteiger partial charge on any atom is 0.0320 e. The van der Waals surface area contributed by atoms with Crippen LogP contribution in [0.25, 0.3) is 0 Å². The quantitative estimate of drug-likeness (QED) is 0.811. The van der Waals surface area contributed by atoms with E-state index in [9.17, 15) is 0 Å². The van der Waals surface area contributed by atoms with E-state index in [1.165, 1.54) is 30.5 Å². The summed E-state index contributed by atoms with van der Waals surface area (Å²) in [5.74, 6) is 0. The van der Waals surface area contributed by atoms with Crippen molar-refractivity contribution in [2.45, 2.75) is 25.4 Å². The molecule has 2 rings (SSSR count). The molecule has 0 aromatic heterocycles. The average molecular weight is 204 g/mol. The van der Waals surface area contributed by atoms with E-state index < -0.39 is 0 Å². The average Bonchev–Trinajstić information content (AvgIpc) is 2.69. The van der Waals surface area contributed by atoms with E-state index in [0.29, 0.717) is 6.04 Å². The number of hydrogen-bond donors (Lipinski definition) is 1. The summed E-state index contributed by atoms with van der Waals surface area (Å²) in [5, 5.41) is 3.54. The third kappa shape index (κ3) is 2.80. The first-order chi connectivity index (χ1) is 7.25. The Hall–Kier alpha value is -0.860. The summed E-state index contributed by atoms with van der Waals surface area (Å²) in [4.78, 5) is 2.21. The van der Waals surface area contributed by atoms with Gasteiger partial charge < -0.3 is 10.2 Å². The second-order valence-corrected chi connectivity index (χ2v) is 4.63.